The summed E-state index contributed by atoms with van der Waals surface area (Å²) in [5, 5.41) is 0. The molecular formula is C6H16O3SSi. The summed E-state index contributed by atoms with van der Waals surface area (Å²) in [4.78, 5) is 0. The van der Waals surface area contributed by atoms with Crippen molar-refractivity contribution < 1.29 is 12.6 Å². The molecule has 0 heterocycles. The maximum atomic E-state index is 10.4. The number of hydrogen-bond acceptors (Lipinski definition) is 2. The summed E-state index contributed by atoms with van der Waals surface area (Å²) in [5.41, 5.74) is 0. The zero-order valence-corrected chi connectivity index (χ0v) is 9.11. The van der Waals surface area contributed by atoms with Gasteiger partial charge in [0.25, 0.3) is 11.4 Å². The van der Waals surface area contributed by atoms with E-state index in [2.05, 4.69) is 0 Å². The molecule has 0 radical (unpaired) electrons. The van der Waals surface area contributed by atoms with Gasteiger partial charge in [-0.2, -0.15) is 4.21 Å². The highest BCUT2D eigenvalue weighted by molar-refractivity contribution is 7.75. The van der Waals surface area contributed by atoms with Gasteiger partial charge in [-0.05, 0) is 18.1 Å². The van der Waals surface area contributed by atoms with Gasteiger partial charge in [0.1, 0.15) is 0 Å². The van der Waals surface area contributed by atoms with Crippen molar-refractivity contribution in [1.29, 1.82) is 0 Å². The second kappa shape index (κ2) is 5.03. The predicted molar refractivity (Wildman–Crippen MR) is 49.1 cm³/mol. The fraction of sp³-hybridized carbons (Fsp3) is 1.00. The molecule has 5 heteroatoms. The van der Waals surface area contributed by atoms with Crippen molar-refractivity contribution in [3.05, 3.63) is 0 Å². The molecule has 3 nitrogen and oxygen atoms in total. The molecule has 0 aromatic rings. The molecule has 1 atom stereocenters. The first-order valence-corrected chi connectivity index (χ1v) is 7.46. The Balaban J connectivity index is 4.16. The maximum Gasteiger partial charge on any atom is 0.291 e. The third kappa shape index (κ3) is 3.46. The fourth-order valence-corrected chi connectivity index (χ4v) is 5.20. The lowest BCUT2D eigenvalue weighted by atomic mass is 10.9. The quantitative estimate of drug-likeness (QED) is 0.541. The molecule has 0 rings (SSSR count). The van der Waals surface area contributed by atoms with Crippen molar-refractivity contribution >= 4 is 19.7 Å². The Hall–Kier alpha value is 0.287. The standard InChI is InChI=1S/C6H16O3SSi/c1-4-11(5-2,6-3)9-10(7)8/h4-6H2,1-3H3,(H,7,8). The van der Waals surface area contributed by atoms with Gasteiger partial charge in [-0.25, -0.2) is 0 Å². The van der Waals surface area contributed by atoms with E-state index in [1.807, 2.05) is 20.8 Å². The zero-order valence-electron chi connectivity index (χ0n) is 7.29. The van der Waals surface area contributed by atoms with Crippen LogP contribution >= 0.6 is 0 Å². The average molecular weight is 196 g/mol. The van der Waals surface area contributed by atoms with Gasteiger partial charge in [0.05, 0.1) is 0 Å². The van der Waals surface area contributed by atoms with Crippen LogP contribution in [0.5, 0.6) is 0 Å². The molecule has 0 spiro atoms. The van der Waals surface area contributed by atoms with Gasteiger partial charge in [0, 0.05) is 0 Å². The first-order valence-electron chi connectivity index (χ1n) is 3.90. The largest absolute Gasteiger partial charge is 0.313 e. The molecule has 11 heavy (non-hydrogen) atoms. The Morgan fingerprint density at radius 1 is 1.27 bits per heavy atom. The topological polar surface area (TPSA) is 46.5 Å². The van der Waals surface area contributed by atoms with Crippen LogP contribution in [0.25, 0.3) is 0 Å². The lowest BCUT2D eigenvalue weighted by Crippen LogP contribution is -2.36. The Labute approximate surface area is 71.8 Å². The lowest BCUT2D eigenvalue weighted by molar-refractivity contribution is 0.448. The molecule has 0 saturated heterocycles. The summed E-state index contributed by atoms with van der Waals surface area (Å²) in [7, 11) is -1.83. The fourth-order valence-electron chi connectivity index (χ4n) is 1.08. The van der Waals surface area contributed by atoms with Gasteiger partial charge >= 0.3 is 0 Å². The van der Waals surface area contributed by atoms with E-state index in [0.717, 1.165) is 18.1 Å². The van der Waals surface area contributed by atoms with Gasteiger partial charge < -0.3 is 3.87 Å². The third-order valence-corrected chi connectivity index (χ3v) is 8.03. The highest BCUT2D eigenvalue weighted by Crippen LogP contribution is 2.21. The summed E-state index contributed by atoms with van der Waals surface area (Å²) in [6.45, 7) is 6.06. The van der Waals surface area contributed by atoms with E-state index in [1.54, 1.807) is 0 Å². The van der Waals surface area contributed by atoms with Crippen LogP contribution in [0.3, 0.4) is 0 Å². The molecule has 1 N–H and O–H groups in total. The second-order valence-corrected chi connectivity index (χ2v) is 8.13. The zero-order chi connectivity index (χ0) is 8.91. The Kier molecular flexibility index (Phi) is 5.16. The third-order valence-electron chi connectivity index (χ3n) is 2.18. The molecule has 0 aliphatic rings. The van der Waals surface area contributed by atoms with Gasteiger partial charge in [0.15, 0.2) is 0 Å². The van der Waals surface area contributed by atoms with Gasteiger partial charge in [-0.1, -0.05) is 20.8 Å². The molecule has 0 aliphatic heterocycles. The van der Waals surface area contributed by atoms with Crippen LogP contribution in [0.2, 0.25) is 18.1 Å². The van der Waals surface area contributed by atoms with E-state index >= 15 is 0 Å². The van der Waals surface area contributed by atoms with Crippen molar-refractivity contribution in [3.63, 3.8) is 0 Å². The Morgan fingerprint density at radius 3 is 1.73 bits per heavy atom. The molecule has 1 unspecified atom stereocenters. The molecular weight excluding hydrogens is 180 g/mol. The highest BCUT2D eigenvalue weighted by atomic mass is 32.2. The minimum atomic E-state index is -2.07. The predicted octanol–water partition coefficient (Wildman–Crippen LogP) is 2.14. The first kappa shape index (κ1) is 11.3. The number of rotatable bonds is 5. The minimum absolute atomic E-state index is 0.909. The van der Waals surface area contributed by atoms with Crippen LogP contribution in [0.4, 0.5) is 0 Å². The van der Waals surface area contributed by atoms with Gasteiger partial charge in [-0.3, -0.25) is 4.55 Å². The van der Waals surface area contributed by atoms with Gasteiger partial charge in [-0.15, -0.1) is 0 Å². The van der Waals surface area contributed by atoms with E-state index < -0.39 is 19.7 Å². The summed E-state index contributed by atoms with van der Waals surface area (Å²) in [6, 6.07) is 2.73. The van der Waals surface area contributed by atoms with Crippen molar-refractivity contribution in [2.75, 3.05) is 0 Å². The minimum Gasteiger partial charge on any atom is -0.313 e. The van der Waals surface area contributed by atoms with E-state index in [4.69, 9.17) is 8.42 Å². The smallest absolute Gasteiger partial charge is 0.291 e. The van der Waals surface area contributed by atoms with E-state index in [0.29, 0.717) is 0 Å². The molecule has 0 aromatic heterocycles. The molecule has 0 bridgehead atoms. The number of hydrogen-bond donors (Lipinski definition) is 1. The summed E-state index contributed by atoms with van der Waals surface area (Å²) >= 11 is -2.07. The van der Waals surface area contributed by atoms with Crippen molar-refractivity contribution in [2.24, 2.45) is 0 Å². The normalized spacial score (nSPS) is 14.9. The molecule has 0 aliphatic carbocycles. The molecule has 0 fully saturated rings. The van der Waals surface area contributed by atoms with Crippen molar-refractivity contribution in [3.8, 4) is 0 Å². The van der Waals surface area contributed by atoms with Crippen LogP contribution in [0.1, 0.15) is 20.8 Å². The first-order chi connectivity index (χ1) is 5.10. The lowest BCUT2D eigenvalue weighted by Gasteiger charge is -2.24. The van der Waals surface area contributed by atoms with Crippen molar-refractivity contribution in [2.45, 2.75) is 38.9 Å². The van der Waals surface area contributed by atoms with E-state index in [1.165, 1.54) is 0 Å². The van der Waals surface area contributed by atoms with Crippen LogP contribution in [-0.2, 0) is 15.2 Å². The molecule has 0 aromatic carbocycles. The summed E-state index contributed by atoms with van der Waals surface area (Å²) < 4.78 is 24.0. The monoisotopic (exact) mass is 196 g/mol. The highest BCUT2D eigenvalue weighted by Gasteiger charge is 2.31. The summed E-state index contributed by atoms with van der Waals surface area (Å²) in [5.74, 6) is 0. The maximum absolute atomic E-state index is 10.4. The van der Waals surface area contributed by atoms with Gasteiger partial charge in [0.2, 0.25) is 8.32 Å². The summed E-state index contributed by atoms with van der Waals surface area (Å²) in [6.07, 6.45) is 0. The van der Waals surface area contributed by atoms with Crippen LogP contribution in [0, 0.1) is 0 Å². The van der Waals surface area contributed by atoms with Crippen LogP contribution in [0.15, 0.2) is 0 Å². The van der Waals surface area contributed by atoms with Crippen molar-refractivity contribution in [1.82, 2.24) is 0 Å². The second-order valence-electron chi connectivity index (χ2n) is 2.54. The molecule has 0 amide bonds. The van der Waals surface area contributed by atoms with Crippen LogP contribution in [-0.4, -0.2) is 17.1 Å². The van der Waals surface area contributed by atoms with E-state index in [9.17, 15) is 4.21 Å². The SMILES string of the molecule is CC[Si](CC)(CC)OS(=O)O. The Bertz CT molecular complexity index is 128. The molecule has 0 saturated carbocycles. The van der Waals surface area contributed by atoms with E-state index in [-0.39, 0.29) is 0 Å². The van der Waals surface area contributed by atoms with Crippen LogP contribution < -0.4 is 0 Å². The average Bonchev–Trinajstić information content (AvgIpc) is 2.00. The Morgan fingerprint density at radius 2 is 1.64 bits per heavy atom. The molecule has 68 valence electrons.